The van der Waals surface area contributed by atoms with Gasteiger partial charge in [0.25, 0.3) is 11.4 Å². The van der Waals surface area contributed by atoms with Crippen molar-refractivity contribution >= 4 is 35.1 Å². The Morgan fingerprint density at radius 2 is 0.968 bits per heavy atom. The van der Waals surface area contributed by atoms with Crippen molar-refractivity contribution in [1.29, 1.82) is 0 Å². The van der Waals surface area contributed by atoms with Crippen LogP contribution in [-0.2, 0) is 5.41 Å². The smallest absolute Gasteiger partial charge is 0.344 e. The van der Waals surface area contributed by atoms with E-state index in [1.165, 1.54) is 121 Å². The maximum absolute atomic E-state index is 14.9. The second kappa shape index (κ2) is 17.7. The van der Waals surface area contributed by atoms with Crippen LogP contribution in [0, 0.1) is 20.2 Å². The minimum Gasteiger partial charge on any atom is -0.428 e. The molecule has 10 nitrogen and oxygen atoms in total. The summed E-state index contributed by atoms with van der Waals surface area (Å²) in [4.78, 5) is 50.6. The van der Waals surface area contributed by atoms with Crippen LogP contribution in [0.15, 0.2) is 170 Å². The molecule has 0 aromatic heterocycles. The molecule has 0 atom stereocenters. The van der Waals surface area contributed by atoms with E-state index in [0.717, 1.165) is 6.08 Å². The van der Waals surface area contributed by atoms with E-state index < -0.39 is 51.0 Å². The number of ether oxygens (including phenoxy) is 2. The van der Waals surface area contributed by atoms with Gasteiger partial charge >= 0.3 is 24.2 Å². The Hall–Kier alpha value is -8.40. The number of hydrogen-bond acceptors (Lipinski definition) is 8. The van der Waals surface area contributed by atoms with E-state index in [0.29, 0.717) is 38.9 Å². The summed E-state index contributed by atoms with van der Waals surface area (Å²) in [7, 11) is 0. The summed E-state index contributed by atoms with van der Waals surface area (Å²) < 4.78 is 89.4. The molecule has 0 heterocycles. The zero-order valence-corrected chi connectivity index (χ0v) is 31.9. The quantitative estimate of drug-likeness (QED) is 0.0263. The van der Waals surface area contributed by atoms with Gasteiger partial charge in [0, 0.05) is 35.4 Å². The molecule has 0 N–H and O–H groups in total. The number of ketones is 2. The summed E-state index contributed by atoms with van der Waals surface area (Å²) in [5.41, 5.74) is 0.797. The summed E-state index contributed by atoms with van der Waals surface area (Å²) in [6, 6.07) is 26.7. The van der Waals surface area contributed by atoms with Crippen LogP contribution >= 0.6 is 0 Å². The van der Waals surface area contributed by atoms with Crippen LogP contribution in [0.25, 0.3) is 23.3 Å². The van der Waals surface area contributed by atoms with Crippen LogP contribution in [0.4, 0.5) is 37.7 Å². The van der Waals surface area contributed by atoms with Gasteiger partial charge < -0.3 is 9.47 Å². The molecule has 314 valence electrons. The molecule has 0 spiro atoms. The molecule has 16 heteroatoms. The van der Waals surface area contributed by atoms with Crippen molar-refractivity contribution in [3.8, 4) is 22.6 Å². The summed E-state index contributed by atoms with van der Waals surface area (Å²) in [5.74, 6) is -2.10. The minimum atomic E-state index is -2.71. The van der Waals surface area contributed by atoms with Crippen LogP contribution < -0.4 is 9.47 Å². The lowest BCUT2D eigenvalue weighted by atomic mass is 9.65. The third-order valence-corrected chi connectivity index (χ3v) is 10.1. The number of nitro benzene ring substituents is 2. The van der Waals surface area contributed by atoms with Gasteiger partial charge in [-0.15, -0.1) is 0 Å². The highest BCUT2D eigenvalue weighted by atomic mass is 19.3. The molecule has 0 saturated carbocycles. The molecule has 0 saturated heterocycles. The van der Waals surface area contributed by atoms with Crippen LogP contribution in [0.3, 0.4) is 0 Å². The van der Waals surface area contributed by atoms with Gasteiger partial charge in [0.2, 0.25) is 0 Å². The number of carbonyl (C=O) groups excluding carboxylic acids is 2. The Labute approximate surface area is 352 Å². The summed E-state index contributed by atoms with van der Waals surface area (Å²) in [6.07, 6.45) is -0.315. The van der Waals surface area contributed by atoms with Crippen molar-refractivity contribution in [3.63, 3.8) is 0 Å². The third-order valence-electron chi connectivity index (χ3n) is 10.1. The van der Waals surface area contributed by atoms with Gasteiger partial charge in [0.05, 0.1) is 15.3 Å². The number of non-ortho nitro benzene ring substituents is 2. The fraction of sp³-hybridized carbons (Fsp3) is 0.0213. The average molecular weight is 861 g/mol. The highest BCUT2D eigenvalue weighted by Crippen LogP contribution is 2.58. The highest BCUT2D eigenvalue weighted by molar-refractivity contribution is 6.20. The zero-order valence-electron chi connectivity index (χ0n) is 31.9. The molecule has 1 aliphatic carbocycles. The van der Waals surface area contributed by atoms with Gasteiger partial charge in [-0.2, -0.15) is 26.3 Å². The van der Waals surface area contributed by atoms with Crippen molar-refractivity contribution in [1.82, 2.24) is 0 Å². The number of carbonyl (C=O) groups is 2. The highest BCUT2D eigenvalue weighted by Gasteiger charge is 2.49. The SMILES string of the molecule is O=C(C=Cc1ccc([N+](=O)[O-])cc1)c1ccc2c(c1C(=O)C=Cc1ccc([N+](=O)[O-])cc1)C(c1ccc(OC(F)=C(F)F)cc1)(c1ccc(OC(F)=C(F)F)cc1)c1ccccc1-2. The lowest BCUT2D eigenvalue weighted by molar-refractivity contribution is -0.385. The van der Waals surface area contributed by atoms with E-state index in [4.69, 9.17) is 9.47 Å². The van der Waals surface area contributed by atoms with Gasteiger partial charge in [-0.1, -0.05) is 66.7 Å². The summed E-state index contributed by atoms with van der Waals surface area (Å²) in [5, 5.41) is 22.5. The van der Waals surface area contributed by atoms with Crippen LogP contribution in [0.5, 0.6) is 11.5 Å². The number of hydrogen-bond donors (Lipinski definition) is 0. The van der Waals surface area contributed by atoms with Crippen LogP contribution in [0.1, 0.15) is 54.1 Å². The Kier molecular flexibility index (Phi) is 12.0. The Morgan fingerprint density at radius 1 is 0.524 bits per heavy atom. The first-order valence-corrected chi connectivity index (χ1v) is 18.4. The van der Waals surface area contributed by atoms with E-state index in [9.17, 15) is 56.2 Å². The topological polar surface area (TPSA) is 139 Å². The van der Waals surface area contributed by atoms with Crippen molar-refractivity contribution in [2.45, 2.75) is 5.41 Å². The molecule has 0 aliphatic heterocycles. The van der Waals surface area contributed by atoms with Crippen LogP contribution in [0.2, 0.25) is 0 Å². The molecular weight excluding hydrogens is 835 g/mol. The number of fused-ring (bicyclic) bond motifs is 3. The molecule has 0 amide bonds. The van der Waals surface area contributed by atoms with E-state index in [2.05, 4.69) is 0 Å². The number of nitro groups is 2. The van der Waals surface area contributed by atoms with Gasteiger partial charge in [-0.05, 0) is 111 Å². The van der Waals surface area contributed by atoms with Crippen molar-refractivity contribution in [3.05, 3.63) is 235 Å². The van der Waals surface area contributed by atoms with Gasteiger partial charge in [-0.25, -0.2) is 0 Å². The molecule has 6 aromatic carbocycles. The first-order valence-electron chi connectivity index (χ1n) is 18.4. The molecule has 6 aromatic rings. The lowest BCUT2D eigenvalue weighted by Crippen LogP contribution is -2.31. The van der Waals surface area contributed by atoms with Gasteiger partial charge in [-0.3, -0.25) is 29.8 Å². The monoisotopic (exact) mass is 860 g/mol. The molecule has 0 unspecified atom stereocenters. The predicted octanol–water partition coefficient (Wildman–Crippen LogP) is 12.5. The standard InChI is InChI=1S/C47H26F6N2O8/c48-43(49)45(52)62-33-19-11-29(12-20-33)47(30-13-21-34(22-14-30)63-46(53)44(50)51)38-4-2-1-3-35(38)36-23-24-37(39(56)25-9-27-5-15-31(16-6-27)54(58)59)41(42(36)47)40(57)26-10-28-7-17-32(18-8-28)55(60)61/h1-26H. The van der Waals surface area contributed by atoms with E-state index in [1.807, 2.05) is 0 Å². The first-order chi connectivity index (χ1) is 30.2. The van der Waals surface area contributed by atoms with Crippen LogP contribution in [-0.4, -0.2) is 21.4 Å². The fourth-order valence-corrected chi connectivity index (χ4v) is 7.39. The number of allylic oxidation sites excluding steroid dienone is 2. The molecule has 1 aliphatic rings. The maximum Gasteiger partial charge on any atom is 0.344 e. The normalized spacial score (nSPS) is 12.3. The van der Waals surface area contributed by atoms with Crippen molar-refractivity contribution < 1.29 is 55.3 Å². The number of nitrogens with zero attached hydrogens (tertiary/aromatic N) is 2. The second-order valence-electron chi connectivity index (χ2n) is 13.6. The molecule has 0 fully saturated rings. The molecular formula is C47H26F6N2O8. The van der Waals surface area contributed by atoms with E-state index in [1.54, 1.807) is 30.3 Å². The summed E-state index contributed by atoms with van der Waals surface area (Å²) in [6.45, 7) is 0. The first kappa shape index (κ1) is 42.7. The van der Waals surface area contributed by atoms with Crippen molar-refractivity contribution in [2.75, 3.05) is 0 Å². The third kappa shape index (κ3) is 8.50. The number of rotatable bonds is 14. The molecule has 0 radical (unpaired) electrons. The summed E-state index contributed by atoms with van der Waals surface area (Å²) >= 11 is 0. The largest absolute Gasteiger partial charge is 0.428 e. The van der Waals surface area contributed by atoms with Gasteiger partial charge in [0.1, 0.15) is 11.5 Å². The lowest BCUT2D eigenvalue weighted by Gasteiger charge is -2.35. The van der Waals surface area contributed by atoms with E-state index >= 15 is 0 Å². The maximum atomic E-state index is 14.9. The average Bonchev–Trinajstić information content (AvgIpc) is 3.58. The minimum absolute atomic E-state index is 0.126. The molecule has 0 bridgehead atoms. The predicted molar refractivity (Wildman–Crippen MR) is 219 cm³/mol. The fourth-order valence-electron chi connectivity index (χ4n) is 7.39. The number of halogens is 6. The zero-order chi connectivity index (χ0) is 45.0. The Balaban J connectivity index is 1.50. The Bertz CT molecular complexity index is 2850. The van der Waals surface area contributed by atoms with Crippen molar-refractivity contribution in [2.24, 2.45) is 0 Å². The Morgan fingerprint density at radius 3 is 1.41 bits per heavy atom. The molecule has 7 rings (SSSR count). The number of benzene rings is 6. The molecule has 63 heavy (non-hydrogen) atoms. The second-order valence-corrected chi connectivity index (χ2v) is 13.6. The van der Waals surface area contributed by atoms with E-state index in [-0.39, 0.29) is 39.6 Å². The van der Waals surface area contributed by atoms with Gasteiger partial charge in [0.15, 0.2) is 11.6 Å².